The van der Waals surface area contributed by atoms with Crippen molar-refractivity contribution in [3.8, 4) is 0 Å². The summed E-state index contributed by atoms with van der Waals surface area (Å²) in [6.07, 6.45) is 10.4. The monoisotopic (exact) mass is 397 g/mol. The Morgan fingerprint density at radius 1 is 1.14 bits per heavy atom. The van der Waals surface area contributed by atoms with Gasteiger partial charge in [-0.15, -0.1) is 0 Å². The van der Waals surface area contributed by atoms with Gasteiger partial charge in [0.05, 0.1) is 6.54 Å². The molecule has 4 nitrogen and oxygen atoms in total. The van der Waals surface area contributed by atoms with Crippen molar-refractivity contribution < 1.29 is 4.79 Å². The second-order valence-corrected chi connectivity index (χ2v) is 8.50. The molecule has 3 aliphatic rings. The number of piperazine rings is 1. The lowest BCUT2D eigenvalue weighted by Crippen LogP contribution is -2.48. The number of fused-ring (bicyclic) bond motifs is 2. The van der Waals surface area contributed by atoms with Gasteiger partial charge in [-0.05, 0) is 55.5 Å². The van der Waals surface area contributed by atoms with Crippen LogP contribution in [0.5, 0.6) is 0 Å². The van der Waals surface area contributed by atoms with Crippen molar-refractivity contribution in [2.24, 2.45) is 0 Å². The number of carbonyl (C=O) groups is 1. The summed E-state index contributed by atoms with van der Waals surface area (Å²) in [5.74, 6) is 0.117. The van der Waals surface area contributed by atoms with Crippen LogP contribution in [0.2, 0.25) is 0 Å². The third-order valence-electron chi connectivity index (χ3n) is 6.19. The molecule has 1 N–H and O–H groups in total. The maximum Gasteiger partial charge on any atom is 0.234 e. The van der Waals surface area contributed by atoms with Gasteiger partial charge in [0.25, 0.3) is 0 Å². The lowest BCUT2D eigenvalue weighted by atomic mass is 10.0. The van der Waals surface area contributed by atoms with Crippen LogP contribution in [0.4, 0.5) is 0 Å². The van der Waals surface area contributed by atoms with Crippen LogP contribution in [0.25, 0.3) is 0 Å². The number of nitrogens with zero attached hydrogens (tertiary/aromatic N) is 2. The molecule has 2 heterocycles. The fourth-order valence-electron chi connectivity index (χ4n) is 4.62. The van der Waals surface area contributed by atoms with Crippen molar-refractivity contribution in [2.75, 3.05) is 19.6 Å². The Labute approximate surface area is 172 Å². The Morgan fingerprint density at radius 2 is 1.93 bits per heavy atom. The first-order valence-corrected chi connectivity index (χ1v) is 10.5. The molecule has 1 aromatic rings. The van der Waals surface area contributed by atoms with E-state index >= 15 is 0 Å². The molecule has 1 aliphatic carbocycles. The first-order valence-electron chi connectivity index (χ1n) is 10.1. The van der Waals surface area contributed by atoms with Crippen molar-refractivity contribution in [2.45, 2.75) is 45.3 Å². The fourth-order valence-corrected chi connectivity index (χ4v) is 4.77. The molecule has 0 spiro atoms. The lowest BCUT2D eigenvalue weighted by Gasteiger charge is -2.35. The van der Waals surface area contributed by atoms with E-state index in [1.54, 1.807) is 0 Å². The molecule has 4 rings (SSSR count). The average molecular weight is 398 g/mol. The standard InChI is InChI=1S/C23H28ClN3O/c1-16-5-3-6-17(2)22(16)12-25-23(28)15-26-13-21-11-20(26)14-27(21)19-8-4-7-18(24)9-10-19/h3,5-10,20-21H,4,11-15H2,1-2H3,(H,25,28). The van der Waals surface area contributed by atoms with E-state index in [2.05, 4.69) is 59.3 Å². The summed E-state index contributed by atoms with van der Waals surface area (Å²) >= 11 is 6.12. The fraction of sp³-hybridized carbons (Fsp3) is 0.435. The summed E-state index contributed by atoms with van der Waals surface area (Å²) in [5.41, 5.74) is 4.95. The Bertz CT molecular complexity index is 837. The maximum absolute atomic E-state index is 12.5. The normalized spacial score (nSPS) is 24.2. The smallest absolute Gasteiger partial charge is 0.234 e. The Balaban J connectivity index is 1.30. The van der Waals surface area contributed by atoms with Gasteiger partial charge in [0.15, 0.2) is 0 Å². The first-order chi connectivity index (χ1) is 13.5. The molecule has 2 bridgehead atoms. The van der Waals surface area contributed by atoms with Gasteiger partial charge in [0.1, 0.15) is 0 Å². The highest BCUT2D eigenvalue weighted by molar-refractivity contribution is 6.31. The van der Waals surface area contributed by atoms with Crippen molar-refractivity contribution in [3.63, 3.8) is 0 Å². The first kappa shape index (κ1) is 19.3. The van der Waals surface area contributed by atoms with E-state index in [-0.39, 0.29) is 5.91 Å². The number of benzene rings is 1. The highest BCUT2D eigenvalue weighted by atomic mass is 35.5. The predicted octanol–water partition coefficient (Wildman–Crippen LogP) is 3.64. The third-order valence-corrected chi connectivity index (χ3v) is 6.47. The molecule has 1 aromatic carbocycles. The Morgan fingerprint density at radius 3 is 2.64 bits per heavy atom. The number of hydrogen-bond donors (Lipinski definition) is 1. The largest absolute Gasteiger partial charge is 0.366 e. The molecule has 148 valence electrons. The topological polar surface area (TPSA) is 35.6 Å². The number of carbonyl (C=O) groups excluding carboxylic acids is 1. The predicted molar refractivity (Wildman–Crippen MR) is 114 cm³/mol. The molecule has 1 amide bonds. The summed E-state index contributed by atoms with van der Waals surface area (Å²) in [6, 6.07) is 7.20. The molecule has 0 aromatic heterocycles. The van der Waals surface area contributed by atoms with Crippen LogP contribution < -0.4 is 5.32 Å². The zero-order valence-corrected chi connectivity index (χ0v) is 17.4. The number of hydrogen-bond acceptors (Lipinski definition) is 3. The number of aryl methyl sites for hydroxylation is 2. The summed E-state index contributed by atoms with van der Waals surface area (Å²) in [5, 5.41) is 3.92. The number of allylic oxidation sites excluding steroid dienone is 5. The van der Waals surface area contributed by atoms with Crippen LogP contribution in [0.3, 0.4) is 0 Å². The molecule has 2 aliphatic heterocycles. The summed E-state index contributed by atoms with van der Waals surface area (Å²) < 4.78 is 0. The quantitative estimate of drug-likeness (QED) is 0.823. The van der Waals surface area contributed by atoms with Crippen LogP contribution >= 0.6 is 11.6 Å². The molecule has 2 fully saturated rings. The number of halogens is 1. The van der Waals surface area contributed by atoms with Gasteiger partial charge in [-0.2, -0.15) is 0 Å². The van der Waals surface area contributed by atoms with Crippen molar-refractivity contribution in [3.05, 3.63) is 69.9 Å². The number of rotatable bonds is 5. The van der Waals surface area contributed by atoms with Gasteiger partial charge < -0.3 is 10.2 Å². The lowest BCUT2D eigenvalue weighted by molar-refractivity contribution is -0.122. The zero-order valence-electron chi connectivity index (χ0n) is 16.6. The van der Waals surface area contributed by atoms with Gasteiger partial charge in [0.2, 0.25) is 5.91 Å². The van der Waals surface area contributed by atoms with E-state index in [9.17, 15) is 4.79 Å². The van der Waals surface area contributed by atoms with Crippen molar-refractivity contribution in [1.29, 1.82) is 0 Å². The molecule has 2 atom stereocenters. The number of likely N-dealkylation sites (tertiary alicyclic amines) is 2. The van der Waals surface area contributed by atoms with E-state index in [0.717, 1.165) is 31.0 Å². The number of amides is 1. The van der Waals surface area contributed by atoms with Crippen LogP contribution in [-0.4, -0.2) is 47.4 Å². The molecular formula is C23H28ClN3O. The molecule has 2 saturated heterocycles. The van der Waals surface area contributed by atoms with Gasteiger partial charge in [-0.1, -0.05) is 42.0 Å². The minimum atomic E-state index is 0.117. The second kappa shape index (κ2) is 8.14. The minimum absolute atomic E-state index is 0.117. The van der Waals surface area contributed by atoms with Gasteiger partial charge in [-0.3, -0.25) is 9.69 Å². The van der Waals surface area contributed by atoms with E-state index in [1.807, 2.05) is 12.2 Å². The van der Waals surface area contributed by atoms with Gasteiger partial charge in [-0.25, -0.2) is 0 Å². The SMILES string of the molecule is Cc1cccc(C)c1CNC(=O)CN1CC2CC1CN2C1=CCC=C(Cl)C=C1. The zero-order chi connectivity index (χ0) is 19.7. The number of nitrogens with one attached hydrogen (secondary N) is 1. The Kier molecular flexibility index (Phi) is 5.61. The Hall–Kier alpha value is -2.04. The van der Waals surface area contributed by atoms with E-state index in [4.69, 9.17) is 11.6 Å². The van der Waals surface area contributed by atoms with E-state index in [0.29, 0.717) is 25.2 Å². The van der Waals surface area contributed by atoms with Crippen molar-refractivity contribution >= 4 is 17.5 Å². The van der Waals surface area contributed by atoms with E-state index in [1.165, 1.54) is 22.4 Å². The highest BCUT2D eigenvalue weighted by Crippen LogP contribution is 2.34. The van der Waals surface area contributed by atoms with Gasteiger partial charge >= 0.3 is 0 Å². The molecular weight excluding hydrogens is 370 g/mol. The highest BCUT2D eigenvalue weighted by Gasteiger charge is 2.43. The third kappa shape index (κ3) is 4.03. The van der Waals surface area contributed by atoms with Crippen LogP contribution in [0, 0.1) is 13.8 Å². The molecule has 28 heavy (non-hydrogen) atoms. The summed E-state index contributed by atoms with van der Waals surface area (Å²) in [6.45, 7) is 7.24. The van der Waals surface area contributed by atoms with E-state index < -0.39 is 0 Å². The molecule has 5 heteroatoms. The second-order valence-electron chi connectivity index (χ2n) is 8.06. The molecule has 0 saturated carbocycles. The summed E-state index contributed by atoms with van der Waals surface area (Å²) in [7, 11) is 0. The van der Waals surface area contributed by atoms with Gasteiger partial charge in [0, 0.05) is 42.4 Å². The maximum atomic E-state index is 12.5. The summed E-state index contributed by atoms with van der Waals surface area (Å²) in [4.78, 5) is 17.3. The van der Waals surface area contributed by atoms with Crippen LogP contribution in [0.1, 0.15) is 29.5 Å². The minimum Gasteiger partial charge on any atom is -0.366 e. The molecule has 0 radical (unpaired) electrons. The van der Waals surface area contributed by atoms with Crippen LogP contribution in [-0.2, 0) is 11.3 Å². The average Bonchev–Trinajstić information content (AvgIpc) is 3.17. The van der Waals surface area contributed by atoms with Crippen LogP contribution in [0.15, 0.2) is 53.2 Å². The molecule has 2 unspecified atom stereocenters. The van der Waals surface area contributed by atoms with Crippen molar-refractivity contribution in [1.82, 2.24) is 15.1 Å².